The lowest BCUT2D eigenvalue weighted by atomic mass is 10.1. The van der Waals surface area contributed by atoms with Crippen LogP contribution in [0.25, 0.3) is 0 Å². The van der Waals surface area contributed by atoms with Crippen LogP contribution in [0.4, 0.5) is 5.69 Å². The van der Waals surface area contributed by atoms with E-state index in [2.05, 4.69) is 5.32 Å². The summed E-state index contributed by atoms with van der Waals surface area (Å²) in [5.74, 6) is -0.727. The van der Waals surface area contributed by atoms with Gasteiger partial charge in [0.05, 0.1) is 18.4 Å². The van der Waals surface area contributed by atoms with Gasteiger partial charge < -0.3 is 19.9 Å². The van der Waals surface area contributed by atoms with E-state index in [1.54, 1.807) is 38.1 Å². The largest absolute Gasteiger partial charge is 0.495 e. The second-order valence-corrected chi connectivity index (χ2v) is 6.18. The van der Waals surface area contributed by atoms with Crippen LogP contribution in [0.3, 0.4) is 0 Å². The highest BCUT2D eigenvalue weighted by atomic mass is 35.5. The molecule has 0 saturated carbocycles. The van der Waals surface area contributed by atoms with Crippen molar-refractivity contribution in [2.24, 2.45) is 0 Å². The van der Waals surface area contributed by atoms with Gasteiger partial charge in [0.25, 0.3) is 5.91 Å². The zero-order chi connectivity index (χ0) is 18.6. The summed E-state index contributed by atoms with van der Waals surface area (Å²) in [5, 5.41) is 12.3. The molecule has 0 aromatic heterocycles. The smallest absolute Gasteiger partial charge is 0.335 e. The monoisotopic (exact) mass is 363 g/mol. The zero-order valence-corrected chi connectivity index (χ0v) is 14.8. The quantitative estimate of drug-likeness (QED) is 0.814. The number of ether oxygens (including phenoxy) is 2. The number of carboxylic acid groups (broad SMARTS) is 1. The Labute approximate surface area is 150 Å². The second-order valence-electron chi connectivity index (χ2n) is 5.74. The number of hydrogen-bond acceptors (Lipinski definition) is 4. The molecule has 0 aliphatic rings. The predicted molar refractivity (Wildman–Crippen MR) is 94.7 cm³/mol. The second kappa shape index (κ2) is 7.44. The van der Waals surface area contributed by atoms with Crippen molar-refractivity contribution in [1.29, 1.82) is 0 Å². The normalized spacial score (nSPS) is 10.9. The van der Waals surface area contributed by atoms with Gasteiger partial charge in [0, 0.05) is 5.02 Å². The first kappa shape index (κ1) is 18.6. The van der Waals surface area contributed by atoms with Crippen LogP contribution in [0.2, 0.25) is 5.02 Å². The maximum absolute atomic E-state index is 12.6. The van der Waals surface area contributed by atoms with Crippen LogP contribution in [-0.2, 0) is 4.79 Å². The molecule has 2 aromatic rings. The zero-order valence-electron chi connectivity index (χ0n) is 14.0. The highest BCUT2D eigenvalue weighted by Gasteiger charge is 2.31. The summed E-state index contributed by atoms with van der Waals surface area (Å²) < 4.78 is 10.9. The highest BCUT2D eigenvalue weighted by molar-refractivity contribution is 6.30. The number of rotatable bonds is 6. The summed E-state index contributed by atoms with van der Waals surface area (Å²) in [6.07, 6.45) is 0. The number of amides is 1. The summed E-state index contributed by atoms with van der Waals surface area (Å²) in [5.41, 5.74) is -0.925. The highest BCUT2D eigenvalue weighted by Crippen LogP contribution is 2.28. The summed E-state index contributed by atoms with van der Waals surface area (Å²) in [6, 6.07) is 10.8. The number of nitrogens with one attached hydrogen (secondary N) is 1. The fraction of sp³-hybridized carbons (Fsp3) is 0.222. The van der Waals surface area contributed by atoms with E-state index in [0.29, 0.717) is 16.5 Å². The van der Waals surface area contributed by atoms with Crippen molar-refractivity contribution in [3.8, 4) is 11.5 Å². The van der Waals surface area contributed by atoms with Crippen LogP contribution in [0.5, 0.6) is 11.5 Å². The Morgan fingerprint density at radius 3 is 2.32 bits per heavy atom. The van der Waals surface area contributed by atoms with Gasteiger partial charge in [-0.2, -0.15) is 0 Å². The SMILES string of the molecule is COc1ccc(C(=O)O)cc1NC(=O)C(C)(C)Oc1ccc(Cl)cc1. The Bertz CT molecular complexity index is 787. The van der Waals surface area contributed by atoms with Gasteiger partial charge >= 0.3 is 5.97 Å². The third-order valence-electron chi connectivity index (χ3n) is 3.43. The molecule has 7 heteroatoms. The molecule has 0 fully saturated rings. The number of carboxylic acids is 1. The van der Waals surface area contributed by atoms with Gasteiger partial charge in [0.2, 0.25) is 0 Å². The standard InChI is InChI=1S/C18H18ClNO5/c1-18(2,25-13-7-5-12(19)6-8-13)17(23)20-14-10-11(16(21)22)4-9-15(14)24-3/h4-10H,1-3H3,(H,20,23)(H,21,22). The fourth-order valence-corrected chi connectivity index (χ4v) is 2.18. The van der Waals surface area contributed by atoms with Crippen LogP contribution in [0.1, 0.15) is 24.2 Å². The van der Waals surface area contributed by atoms with Crippen molar-refractivity contribution in [3.05, 3.63) is 53.1 Å². The number of aromatic carboxylic acids is 1. The Balaban J connectivity index is 2.20. The number of anilines is 1. The van der Waals surface area contributed by atoms with Gasteiger partial charge in [0.15, 0.2) is 5.60 Å². The first-order valence-electron chi connectivity index (χ1n) is 7.40. The molecule has 0 aliphatic heterocycles. The summed E-state index contributed by atoms with van der Waals surface area (Å²) >= 11 is 5.83. The van der Waals surface area contributed by atoms with Crippen molar-refractivity contribution in [1.82, 2.24) is 0 Å². The molecule has 2 rings (SSSR count). The molecular weight excluding hydrogens is 346 g/mol. The van der Waals surface area contributed by atoms with Gasteiger partial charge in [-0.1, -0.05) is 11.6 Å². The Morgan fingerprint density at radius 1 is 1.12 bits per heavy atom. The van der Waals surface area contributed by atoms with Gasteiger partial charge in [-0.15, -0.1) is 0 Å². The van der Waals surface area contributed by atoms with Crippen molar-refractivity contribution in [2.75, 3.05) is 12.4 Å². The number of benzene rings is 2. The van der Waals surface area contributed by atoms with Crippen molar-refractivity contribution in [3.63, 3.8) is 0 Å². The van der Waals surface area contributed by atoms with E-state index in [-0.39, 0.29) is 11.3 Å². The minimum Gasteiger partial charge on any atom is -0.495 e. The van der Waals surface area contributed by atoms with Crippen molar-refractivity contribution < 1.29 is 24.2 Å². The summed E-state index contributed by atoms with van der Waals surface area (Å²) in [6.45, 7) is 3.20. The van der Waals surface area contributed by atoms with E-state index in [9.17, 15) is 9.59 Å². The molecule has 0 radical (unpaired) electrons. The molecule has 2 aromatic carbocycles. The molecule has 0 heterocycles. The first-order valence-corrected chi connectivity index (χ1v) is 7.78. The molecule has 1 amide bonds. The lowest BCUT2D eigenvalue weighted by molar-refractivity contribution is -0.128. The van der Waals surface area contributed by atoms with Crippen LogP contribution >= 0.6 is 11.6 Å². The van der Waals surface area contributed by atoms with E-state index in [1.807, 2.05) is 0 Å². The van der Waals surface area contributed by atoms with E-state index in [1.165, 1.54) is 25.3 Å². The van der Waals surface area contributed by atoms with E-state index < -0.39 is 17.5 Å². The van der Waals surface area contributed by atoms with Crippen LogP contribution in [0.15, 0.2) is 42.5 Å². The summed E-state index contributed by atoms with van der Waals surface area (Å²) in [4.78, 5) is 23.7. The number of methoxy groups -OCH3 is 1. The topological polar surface area (TPSA) is 84.9 Å². The van der Waals surface area contributed by atoms with E-state index in [4.69, 9.17) is 26.2 Å². The molecular formula is C18H18ClNO5. The van der Waals surface area contributed by atoms with Crippen LogP contribution in [-0.4, -0.2) is 29.7 Å². The minimum absolute atomic E-state index is 0.0347. The minimum atomic E-state index is -1.21. The lowest BCUT2D eigenvalue weighted by Crippen LogP contribution is -2.42. The maximum Gasteiger partial charge on any atom is 0.335 e. The molecule has 0 atom stereocenters. The Hall–Kier alpha value is -2.73. The molecule has 0 unspecified atom stereocenters. The Morgan fingerprint density at radius 2 is 1.76 bits per heavy atom. The molecule has 0 aliphatic carbocycles. The average molecular weight is 364 g/mol. The van der Waals surface area contributed by atoms with Crippen LogP contribution in [0, 0.1) is 0 Å². The van der Waals surface area contributed by atoms with Crippen molar-refractivity contribution >= 4 is 29.2 Å². The van der Waals surface area contributed by atoms with Gasteiger partial charge in [-0.3, -0.25) is 4.79 Å². The third kappa shape index (κ3) is 4.64. The van der Waals surface area contributed by atoms with Gasteiger partial charge in [-0.05, 0) is 56.3 Å². The Kier molecular flexibility index (Phi) is 5.54. The molecule has 2 N–H and O–H groups in total. The number of hydrogen-bond donors (Lipinski definition) is 2. The van der Waals surface area contributed by atoms with Gasteiger partial charge in [-0.25, -0.2) is 4.79 Å². The van der Waals surface area contributed by atoms with Crippen LogP contribution < -0.4 is 14.8 Å². The molecule has 132 valence electrons. The molecule has 25 heavy (non-hydrogen) atoms. The third-order valence-corrected chi connectivity index (χ3v) is 3.68. The molecule has 0 bridgehead atoms. The van der Waals surface area contributed by atoms with Gasteiger partial charge in [0.1, 0.15) is 11.5 Å². The maximum atomic E-state index is 12.6. The molecule has 6 nitrogen and oxygen atoms in total. The summed E-state index contributed by atoms with van der Waals surface area (Å²) in [7, 11) is 1.43. The lowest BCUT2D eigenvalue weighted by Gasteiger charge is -2.25. The first-order chi connectivity index (χ1) is 11.7. The molecule has 0 saturated heterocycles. The van der Waals surface area contributed by atoms with E-state index >= 15 is 0 Å². The number of carbonyl (C=O) groups excluding carboxylic acids is 1. The number of halogens is 1. The van der Waals surface area contributed by atoms with E-state index in [0.717, 1.165) is 0 Å². The fourth-order valence-electron chi connectivity index (χ4n) is 2.06. The van der Waals surface area contributed by atoms with Crippen molar-refractivity contribution in [2.45, 2.75) is 19.4 Å². The average Bonchev–Trinajstić information content (AvgIpc) is 2.56. The molecule has 0 spiro atoms. The predicted octanol–water partition coefficient (Wildman–Crippen LogP) is 3.84. The number of carbonyl (C=O) groups is 2.